The number of hydrogen-bond acceptors (Lipinski definition) is 6. The number of hydrogen-bond donors (Lipinski definition) is 1. The van der Waals surface area contributed by atoms with Crippen LogP contribution >= 0.6 is 11.6 Å². The molecule has 2 aromatic carbocycles. The Kier molecular flexibility index (Phi) is 6.65. The summed E-state index contributed by atoms with van der Waals surface area (Å²) in [6, 6.07) is 10.4. The van der Waals surface area contributed by atoms with Crippen molar-refractivity contribution in [2.24, 2.45) is 0 Å². The lowest BCUT2D eigenvalue weighted by Crippen LogP contribution is -2.41. The van der Waals surface area contributed by atoms with E-state index in [2.05, 4.69) is 15.4 Å². The Hall–Kier alpha value is -3.72. The molecule has 0 fully saturated rings. The molecule has 34 heavy (non-hydrogen) atoms. The summed E-state index contributed by atoms with van der Waals surface area (Å²) in [6.45, 7) is 5.29. The molecule has 0 bridgehead atoms. The van der Waals surface area contributed by atoms with Crippen molar-refractivity contribution in [3.63, 3.8) is 0 Å². The molecule has 176 valence electrons. The zero-order valence-corrected chi connectivity index (χ0v) is 19.6. The lowest BCUT2D eigenvalue weighted by Gasteiger charge is -2.35. The highest BCUT2D eigenvalue weighted by molar-refractivity contribution is 6.31. The van der Waals surface area contributed by atoms with Gasteiger partial charge in [-0.15, -0.1) is 0 Å². The summed E-state index contributed by atoms with van der Waals surface area (Å²) >= 11 is 6.17. The number of nitrogens with one attached hydrogen (secondary N) is 1. The summed E-state index contributed by atoms with van der Waals surface area (Å²) in [4.78, 5) is 32.0. The third-order valence-electron chi connectivity index (χ3n) is 5.63. The van der Waals surface area contributed by atoms with Crippen LogP contribution in [-0.2, 0) is 14.3 Å². The molecule has 3 aromatic rings. The monoisotopic (exact) mass is 483 g/mol. The zero-order chi connectivity index (χ0) is 24.4. The molecule has 1 unspecified atom stereocenters. The summed E-state index contributed by atoms with van der Waals surface area (Å²) in [5.41, 5.74) is 2.75. The molecule has 1 N–H and O–H groups in total. The van der Waals surface area contributed by atoms with Gasteiger partial charge in [0.15, 0.2) is 0 Å². The molecule has 1 aliphatic rings. The Morgan fingerprint density at radius 1 is 1.18 bits per heavy atom. The summed E-state index contributed by atoms with van der Waals surface area (Å²) in [6.07, 6.45) is 1.35. The first-order valence-corrected chi connectivity index (χ1v) is 11.0. The first-order chi connectivity index (χ1) is 16.3. The Morgan fingerprint density at radius 2 is 1.91 bits per heavy atom. The van der Waals surface area contributed by atoms with Crippen molar-refractivity contribution in [2.75, 3.05) is 23.4 Å². The number of ether oxygens (including phenoxy) is 1. The first-order valence-electron chi connectivity index (χ1n) is 10.7. The van der Waals surface area contributed by atoms with Gasteiger partial charge in [0, 0.05) is 16.4 Å². The number of allylic oxidation sites excluding steroid dienone is 1. The Balaban J connectivity index is 1.73. The van der Waals surface area contributed by atoms with Gasteiger partial charge in [-0.2, -0.15) is 10.1 Å². The van der Waals surface area contributed by atoms with E-state index in [1.807, 2.05) is 6.92 Å². The van der Waals surface area contributed by atoms with Gasteiger partial charge in [0.05, 0.1) is 12.2 Å². The van der Waals surface area contributed by atoms with Gasteiger partial charge >= 0.3 is 5.97 Å². The minimum absolute atomic E-state index is 0.129. The van der Waals surface area contributed by atoms with Crippen LogP contribution in [0.4, 0.5) is 16.0 Å². The van der Waals surface area contributed by atoms with Gasteiger partial charge in [-0.3, -0.25) is 4.79 Å². The third kappa shape index (κ3) is 4.38. The number of nitrogens with zero attached hydrogens (tertiary/aromatic N) is 4. The molecule has 0 saturated carbocycles. The number of carbonyl (C=O) groups excluding carboxylic acids is 2. The summed E-state index contributed by atoms with van der Waals surface area (Å²) in [5.74, 6) is -0.904. The predicted molar refractivity (Wildman–Crippen MR) is 126 cm³/mol. The van der Waals surface area contributed by atoms with Crippen LogP contribution in [0.5, 0.6) is 0 Å². The van der Waals surface area contributed by atoms with E-state index < -0.39 is 17.8 Å². The van der Waals surface area contributed by atoms with Crippen LogP contribution in [0.25, 0.3) is 0 Å². The summed E-state index contributed by atoms with van der Waals surface area (Å²) in [5, 5.41) is 7.71. The minimum Gasteiger partial charge on any atom is -0.463 e. The van der Waals surface area contributed by atoms with Crippen molar-refractivity contribution < 1.29 is 18.7 Å². The van der Waals surface area contributed by atoms with E-state index in [0.717, 1.165) is 5.56 Å². The molecule has 0 radical (unpaired) electrons. The van der Waals surface area contributed by atoms with Gasteiger partial charge in [-0.25, -0.2) is 13.9 Å². The first kappa shape index (κ1) is 23.4. The average molecular weight is 484 g/mol. The molecule has 4 rings (SSSR count). The molecular formula is C24H23ClFN5O3. The van der Waals surface area contributed by atoms with Crippen LogP contribution in [0.3, 0.4) is 0 Å². The van der Waals surface area contributed by atoms with Crippen LogP contribution in [0.1, 0.15) is 31.0 Å². The Labute approximate surface area is 201 Å². The van der Waals surface area contributed by atoms with E-state index >= 15 is 0 Å². The van der Waals surface area contributed by atoms with E-state index in [1.165, 1.54) is 23.1 Å². The molecular weight excluding hydrogens is 461 g/mol. The second-order valence-electron chi connectivity index (χ2n) is 7.72. The fourth-order valence-corrected chi connectivity index (χ4v) is 4.10. The highest BCUT2D eigenvalue weighted by Gasteiger charge is 2.38. The van der Waals surface area contributed by atoms with E-state index in [-0.39, 0.29) is 24.6 Å². The van der Waals surface area contributed by atoms with Gasteiger partial charge in [-0.05, 0) is 56.2 Å². The molecule has 0 aliphatic carbocycles. The average Bonchev–Trinajstić information content (AvgIpc) is 3.29. The lowest BCUT2D eigenvalue weighted by atomic mass is 9.95. The van der Waals surface area contributed by atoms with Gasteiger partial charge in [0.25, 0.3) is 0 Å². The smallest absolute Gasteiger partial charge is 0.338 e. The van der Waals surface area contributed by atoms with Crippen molar-refractivity contribution in [1.29, 1.82) is 0 Å². The molecule has 2 heterocycles. The molecule has 1 atom stereocenters. The number of benzene rings is 2. The number of carbonyl (C=O) groups is 2. The molecule has 0 spiro atoms. The summed E-state index contributed by atoms with van der Waals surface area (Å²) in [7, 11) is 0. The molecule has 1 amide bonds. The quantitative estimate of drug-likeness (QED) is 0.527. The number of fused-ring (bicyclic) bond motifs is 1. The largest absolute Gasteiger partial charge is 0.463 e. The second kappa shape index (κ2) is 9.64. The molecule has 1 aromatic heterocycles. The van der Waals surface area contributed by atoms with Gasteiger partial charge in [0.1, 0.15) is 24.7 Å². The number of amides is 1. The van der Waals surface area contributed by atoms with Crippen molar-refractivity contribution >= 4 is 35.1 Å². The number of esters is 1. The van der Waals surface area contributed by atoms with Gasteiger partial charge < -0.3 is 15.0 Å². The van der Waals surface area contributed by atoms with E-state index in [9.17, 15) is 14.0 Å². The van der Waals surface area contributed by atoms with Gasteiger partial charge in [0.2, 0.25) is 11.9 Å². The fraction of sp³-hybridized carbons (Fsp3) is 0.250. The fourth-order valence-electron chi connectivity index (χ4n) is 3.92. The highest BCUT2D eigenvalue weighted by atomic mass is 35.5. The SMILES string of the molecule is CCOC(=O)C1=C(C)N(CC(=O)Nc2cccc(Cl)c2C)c2ncnn2C1c1ccc(F)cc1. The van der Waals surface area contributed by atoms with E-state index in [4.69, 9.17) is 16.3 Å². The minimum atomic E-state index is -0.688. The molecule has 8 nitrogen and oxygen atoms in total. The standard InChI is InChI=1S/C24H23ClFN5O3/c1-4-34-23(33)21-15(3)30(12-20(32)29-19-7-5-6-18(25)14(19)2)24-27-13-28-31(24)22(21)16-8-10-17(26)11-9-16/h5-11,13,22H,4,12H2,1-3H3,(H,29,32). The third-order valence-corrected chi connectivity index (χ3v) is 6.04. The maximum atomic E-state index is 13.6. The van der Waals surface area contributed by atoms with Crippen LogP contribution in [0, 0.1) is 12.7 Å². The van der Waals surface area contributed by atoms with Crippen molar-refractivity contribution in [3.05, 3.63) is 82.0 Å². The predicted octanol–water partition coefficient (Wildman–Crippen LogP) is 4.26. The summed E-state index contributed by atoms with van der Waals surface area (Å²) < 4.78 is 20.4. The molecule has 0 saturated heterocycles. The Bertz CT molecular complexity index is 1270. The van der Waals surface area contributed by atoms with Crippen LogP contribution in [0.2, 0.25) is 5.02 Å². The van der Waals surface area contributed by atoms with Crippen LogP contribution in [0.15, 0.2) is 60.1 Å². The second-order valence-corrected chi connectivity index (χ2v) is 8.13. The lowest BCUT2D eigenvalue weighted by molar-refractivity contribution is -0.139. The normalized spacial score (nSPS) is 15.2. The van der Waals surface area contributed by atoms with Gasteiger partial charge in [-0.1, -0.05) is 29.8 Å². The number of halogens is 2. The number of anilines is 2. The van der Waals surface area contributed by atoms with Crippen LogP contribution < -0.4 is 10.2 Å². The van der Waals surface area contributed by atoms with E-state index in [0.29, 0.717) is 27.9 Å². The number of aromatic nitrogens is 3. The maximum Gasteiger partial charge on any atom is 0.338 e. The molecule has 10 heteroatoms. The zero-order valence-electron chi connectivity index (χ0n) is 18.9. The maximum absolute atomic E-state index is 13.6. The number of rotatable bonds is 6. The van der Waals surface area contributed by atoms with Crippen molar-refractivity contribution in [3.8, 4) is 0 Å². The van der Waals surface area contributed by atoms with Crippen molar-refractivity contribution in [2.45, 2.75) is 26.8 Å². The van der Waals surface area contributed by atoms with Crippen molar-refractivity contribution in [1.82, 2.24) is 14.8 Å². The molecule has 1 aliphatic heterocycles. The highest BCUT2D eigenvalue weighted by Crippen LogP contribution is 2.38. The van der Waals surface area contributed by atoms with E-state index in [1.54, 1.807) is 49.1 Å². The van der Waals surface area contributed by atoms with Crippen LogP contribution in [-0.4, -0.2) is 39.8 Å². The Morgan fingerprint density at radius 3 is 2.62 bits per heavy atom. The topological polar surface area (TPSA) is 89.3 Å².